The van der Waals surface area contributed by atoms with E-state index in [9.17, 15) is 31.0 Å². The topological polar surface area (TPSA) is 232 Å². The van der Waals surface area contributed by atoms with Gasteiger partial charge in [0.05, 0.1) is 15.5 Å². The summed E-state index contributed by atoms with van der Waals surface area (Å²) < 4.78 is 68.8. The van der Waals surface area contributed by atoms with Crippen LogP contribution in [0.2, 0.25) is 0 Å². The maximum atomic E-state index is 11.7. The first-order chi connectivity index (χ1) is 12.6. The summed E-state index contributed by atoms with van der Waals surface area (Å²) in [5, 5.41) is 17.3. The normalized spacial score (nSPS) is 11.8. The van der Waals surface area contributed by atoms with Crippen molar-refractivity contribution >= 4 is 42.4 Å². The lowest BCUT2D eigenvalue weighted by Crippen LogP contribution is -2.05. The van der Waals surface area contributed by atoms with Gasteiger partial charge in [0.2, 0.25) is 0 Å². The number of phenolic OH excluding ortho intramolecular Hbond substituents is 1. The number of quaternary nitrogens is 2. The Morgan fingerprint density at radius 1 is 0.793 bits per heavy atom. The van der Waals surface area contributed by atoms with Crippen molar-refractivity contribution in [3.8, 4) is 5.75 Å². The average Bonchev–Trinajstić information content (AvgIpc) is 2.59. The number of benzene rings is 3. The van der Waals surface area contributed by atoms with E-state index in [1.807, 2.05) is 0 Å². The zero-order chi connectivity index (χ0) is 19.8. The van der Waals surface area contributed by atoms with Gasteiger partial charge in [-0.2, -0.15) is 5.11 Å². The fourth-order valence-electron chi connectivity index (χ4n) is 2.42. The summed E-state index contributed by atoms with van der Waals surface area (Å²) in [7, 11) is -10.2. The number of aromatic hydroxyl groups is 1. The third kappa shape index (κ3) is 5.11. The van der Waals surface area contributed by atoms with Crippen LogP contribution in [0.15, 0.2) is 74.6 Å². The second kappa shape index (κ2) is 8.60. The fourth-order valence-corrected chi connectivity index (χ4v) is 3.76. The third-order valence-corrected chi connectivity index (χ3v) is 5.26. The van der Waals surface area contributed by atoms with Crippen LogP contribution in [-0.4, -0.2) is 31.0 Å². The fraction of sp³-hybridized carbons (Fsp3) is 0. The first-order valence-corrected chi connectivity index (χ1v) is 10.1. The van der Waals surface area contributed by atoms with Gasteiger partial charge in [0, 0.05) is 5.39 Å². The Morgan fingerprint density at radius 3 is 1.97 bits per heavy atom. The monoisotopic (exact) mass is 442 g/mol. The molecule has 0 aliphatic carbocycles. The second-order valence-electron chi connectivity index (χ2n) is 5.40. The standard InChI is InChI=1S/C16H12N2O7S2.2H3N/c19-13-7-6-10-8-12(26(20,21)22)9-14(27(23,24)25)15(10)16(13)18-17-11-4-2-1-3-5-11;;/h1-9,19H,(H,20,21,22)(H,23,24,25);2*1H3. The lowest BCUT2D eigenvalue weighted by molar-refractivity contribution is 0.462. The van der Waals surface area contributed by atoms with Crippen molar-refractivity contribution < 1.29 is 31.0 Å². The Bertz CT molecular complexity index is 1280. The van der Waals surface area contributed by atoms with Gasteiger partial charge in [0.25, 0.3) is 0 Å². The molecular formula is C16H18N4O7S2. The maximum absolute atomic E-state index is 11.7. The molecule has 0 saturated heterocycles. The Morgan fingerprint density at radius 2 is 1.41 bits per heavy atom. The molecule has 0 fully saturated rings. The highest BCUT2D eigenvalue weighted by atomic mass is 32.2. The quantitative estimate of drug-likeness (QED) is 0.401. The minimum atomic E-state index is -5.20. The van der Waals surface area contributed by atoms with Crippen LogP contribution >= 0.6 is 0 Å². The van der Waals surface area contributed by atoms with Gasteiger partial charge < -0.3 is 26.5 Å². The Balaban J connectivity index is 0.00000210. The summed E-state index contributed by atoms with van der Waals surface area (Å²) in [4.78, 5) is -1.88. The smallest absolute Gasteiger partial charge is 0.143 e. The molecule has 3 aromatic carbocycles. The number of phenols is 1. The van der Waals surface area contributed by atoms with Crippen LogP contribution in [0.3, 0.4) is 0 Å². The Hall–Kier alpha value is -2.94. The highest BCUT2D eigenvalue weighted by Gasteiger charge is 2.18. The van der Waals surface area contributed by atoms with E-state index < -0.39 is 35.8 Å². The minimum absolute atomic E-state index is 0. The van der Waals surface area contributed by atoms with Gasteiger partial charge in [0.15, 0.2) is 0 Å². The molecule has 0 saturated carbocycles. The molecule has 29 heavy (non-hydrogen) atoms. The third-order valence-electron chi connectivity index (χ3n) is 3.59. The van der Waals surface area contributed by atoms with E-state index in [1.54, 1.807) is 30.3 Å². The molecule has 0 aliphatic rings. The summed E-state index contributed by atoms with van der Waals surface area (Å²) in [6.07, 6.45) is 0. The molecule has 0 heterocycles. The number of hydrogen-bond donors (Lipinski definition) is 3. The molecule has 0 bridgehead atoms. The SMILES string of the molecule is O=S(=O)([O-])c1cc(S(=O)(=O)[O-])c2c(N=Nc3ccccc3)c(O)ccc2c1.[NH4+].[NH4+]. The van der Waals surface area contributed by atoms with Gasteiger partial charge in [0.1, 0.15) is 31.7 Å². The first kappa shape index (κ1) is 24.1. The van der Waals surface area contributed by atoms with Crippen LogP contribution < -0.4 is 12.3 Å². The summed E-state index contributed by atoms with van der Waals surface area (Å²) in [5.41, 5.74) is 0.0415. The Kier molecular flexibility index (Phi) is 7.15. The predicted octanol–water partition coefficient (Wildman–Crippen LogP) is 3.52. The van der Waals surface area contributed by atoms with Gasteiger partial charge in [-0.3, -0.25) is 0 Å². The molecule has 13 heteroatoms. The molecule has 0 aliphatic heterocycles. The van der Waals surface area contributed by atoms with Crippen LogP contribution in [0.1, 0.15) is 0 Å². The number of hydrogen-bond acceptors (Lipinski definition) is 9. The van der Waals surface area contributed by atoms with Crippen LogP contribution in [0.5, 0.6) is 5.75 Å². The van der Waals surface area contributed by atoms with Crippen molar-refractivity contribution in [3.05, 3.63) is 54.6 Å². The van der Waals surface area contributed by atoms with Crippen LogP contribution in [0.4, 0.5) is 11.4 Å². The number of nitrogens with zero attached hydrogens (tertiary/aromatic N) is 2. The summed E-state index contributed by atoms with van der Waals surface area (Å²) >= 11 is 0. The molecular weight excluding hydrogens is 424 g/mol. The molecule has 11 nitrogen and oxygen atoms in total. The van der Waals surface area contributed by atoms with Crippen molar-refractivity contribution in [2.24, 2.45) is 10.2 Å². The van der Waals surface area contributed by atoms with E-state index in [0.29, 0.717) is 11.8 Å². The van der Waals surface area contributed by atoms with Crippen molar-refractivity contribution in [3.63, 3.8) is 0 Å². The summed E-state index contributed by atoms with van der Waals surface area (Å²) in [6, 6.07) is 11.9. The molecule has 3 aromatic rings. The molecule has 3 rings (SSSR count). The largest absolute Gasteiger partial charge is 0.744 e. The lowest BCUT2D eigenvalue weighted by Gasteiger charge is -2.16. The van der Waals surface area contributed by atoms with E-state index in [0.717, 1.165) is 18.2 Å². The second-order valence-corrected chi connectivity index (χ2v) is 8.12. The number of rotatable bonds is 4. The van der Waals surface area contributed by atoms with E-state index in [-0.39, 0.29) is 28.8 Å². The molecule has 0 spiro atoms. The zero-order valence-corrected chi connectivity index (χ0v) is 16.9. The molecule has 0 atom stereocenters. The van der Waals surface area contributed by atoms with Gasteiger partial charge in [-0.15, -0.1) is 5.11 Å². The first-order valence-electron chi connectivity index (χ1n) is 7.26. The van der Waals surface area contributed by atoms with Crippen molar-refractivity contribution in [2.45, 2.75) is 9.79 Å². The van der Waals surface area contributed by atoms with Gasteiger partial charge >= 0.3 is 0 Å². The van der Waals surface area contributed by atoms with Crippen molar-refractivity contribution in [1.29, 1.82) is 0 Å². The van der Waals surface area contributed by atoms with E-state index in [1.165, 1.54) is 0 Å². The predicted molar refractivity (Wildman–Crippen MR) is 104 cm³/mol. The minimum Gasteiger partial charge on any atom is -0.744 e. The van der Waals surface area contributed by atoms with E-state index >= 15 is 0 Å². The summed E-state index contributed by atoms with van der Waals surface area (Å²) in [5.74, 6) is -0.482. The van der Waals surface area contributed by atoms with Gasteiger partial charge in [-0.05, 0) is 35.7 Å². The molecule has 0 aromatic heterocycles. The zero-order valence-electron chi connectivity index (χ0n) is 15.3. The van der Waals surface area contributed by atoms with E-state index in [2.05, 4.69) is 10.2 Å². The van der Waals surface area contributed by atoms with Gasteiger partial charge in [-0.1, -0.05) is 24.3 Å². The van der Waals surface area contributed by atoms with Gasteiger partial charge in [-0.25, -0.2) is 16.8 Å². The maximum Gasteiger partial charge on any atom is 0.143 e. The molecule has 0 radical (unpaired) electrons. The average molecular weight is 442 g/mol. The van der Waals surface area contributed by atoms with Crippen LogP contribution in [0, 0.1) is 0 Å². The highest BCUT2D eigenvalue weighted by molar-refractivity contribution is 7.86. The van der Waals surface area contributed by atoms with Crippen molar-refractivity contribution in [1.82, 2.24) is 12.3 Å². The molecule has 0 unspecified atom stereocenters. The number of fused-ring (bicyclic) bond motifs is 1. The number of azo groups is 1. The van der Waals surface area contributed by atoms with Crippen molar-refractivity contribution in [2.75, 3.05) is 0 Å². The Labute approximate surface area is 166 Å². The molecule has 0 amide bonds. The van der Waals surface area contributed by atoms with Crippen LogP contribution in [-0.2, 0) is 20.2 Å². The molecule has 156 valence electrons. The lowest BCUT2D eigenvalue weighted by atomic mass is 10.1. The highest BCUT2D eigenvalue weighted by Crippen LogP contribution is 2.40. The summed E-state index contributed by atoms with van der Waals surface area (Å²) in [6.45, 7) is 0. The van der Waals surface area contributed by atoms with Crippen LogP contribution in [0.25, 0.3) is 10.8 Å². The molecule has 9 N–H and O–H groups in total. The van der Waals surface area contributed by atoms with E-state index in [4.69, 9.17) is 0 Å².